The van der Waals surface area contributed by atoms with Gasteiger partial charge in [0, 0.05) is 5.56 Å². The minimum absolute atomic E-state index is 0.299. The summed E-state index contributed by atoms with van der Waals surface area (Å²) in [4.78, 5) is 13.2. The maximum atomic E-state index is 13.7. The van der Waals surface area contributed by atoms with Crippen LogP contribution < -0.4 is 5.32 Å². The Balaban J connectivity index is 1.48. The van der Waals surface area contributed by atoms with E-state index in [4.69, 9.17) is 4.42 Å². The second-order valence-corrected chi connectivity index (χ2v) is 6.92. The Morgan fingerprint density at radius 1 is 1.03 bits per heavy atom. The molecule has 30 heavy (non-hydrogen) atoms. The number of aryl methyl sites for hydroxylation is 2. The van der Waals surface area contributed by atoms with Gasteiger partial charge in [-0.15, -0.1) is 0 Å². The summed E-state index contributed by atoms with van der Waals surface area (Å²) in [5.74, 6) is 0.350. The van der Waals surface area contributed by atoms with Gasteiger partial charge in [0.15, 0.2) is 17.8 Å². The van der Waals surface area contributed by atoms with Crippen LogP contribution in [-0.4, -0.2) is 24.6 Å². The van der Waals surface area contributed by atoms with Crippen molar-refractivity contribution in [3.05, 3.63) is 78.5 Å². The van der Waals surface area contributed by atoms with Gasteiger partial charge in [-0.1, -0.05) is 6.07 Å². The number of rotatable bonds is 4. The number of nitrogens with one attached hydrogen (secondary N) is 1. The van der Waals surface area contributed by atoms with Crippen molar-refractivity contribution in [3.8, 4) is 22.7 Å². The lowest BCUT2D eigenvalue weighted by atomic mass is 10.1. The lowest BCUT2D eigenvalue weighted by Crippen LogP contribution is -1.97. The molecule has 0 saturated carbocycles. The van der Waals surface area contributed by atoms with E-state index in [2.05, 4.69) is 25.4 Å². The van der Waals surface area contributed by atoms with Gasteiger partial charge in [-0.05, 0) is 49.7 Å². The summed E-state index contributed by atoms with van der Waals surface area (Å²) >= 11 is 0. The number of fused-ring (bicyclic) bond motifs is 1. The molecule has 0 fully saturated rings. The molecule has 5 aromatic rings. The minimum Gasteiger partial charge on any atom is -0.442 e. The first kappa shape index (κ1) is 18.0. The van der Waals surface area contributed by atoms with Gasteiger partial charge in [0.1, 0.15) is 11.5 Å². The van der Waals surface area contributed by atoms with E-state index in [9.17, 15) is 4.39 Å². The normalized spacial score (nSPS) is 11.2. The van der Waals surface area contributed by atoms with E-state index in [1.165, 1.54) is 18.5 Å². The fourth-order valence-electron chi connectivity index (χ4n) is 3.30. The molecule has 0 bridgehead atoms. The van der Waals surface area contributed by atoms with Crippen LogP contribution in [0.25, 0.3) is 28.4 Å². The van der Waals surface area contributed by atoms with E-state index < -0.39 is 0 Å². The SMILES string of the molecule is Cc1ccc(F)cc1-c1cn2nccc(Nc3ccc(-c4ocnc4C)nc3)c2n1. The quantitative estimate of drug-likeness (QED) is 0.460. The summed E-state index contributed by atoms with van der Waals surface area (Å²) in [6.45, 7) is 3.80. The monoisotopic (exact) mass is 400 g/mol. The van der Waals surface area contributed by atoms with Crippen molar-refractivity contribution >= 4 is 17.0 Å². The second-order valence-electron chi connectivity index (χ2n) is 6.92. The summed E-state index contributed by atoms with van der Waals surface area (Å²) in [6.07, 6.45) is 6.59. The van der Waals surface area contributed by atoms with E-state index in [-0.39, 0.29) is 5.82 Å². The first-order valence-corrected chi connectivity index (χ1v) is 9.33. The molecule has 0 atom stereocenters. The standard InChI is InChI=1S/C22H17FN6O/c1-13-3-4-15(23)9-17(13)20-11-29-22(28-20)19(7-8-26-29)27-16-5-6-18(24-10-16)21-14(2)25-12-30-21/h3-12,27H,1-2H3. The molecule has 0 aliphatic carbocycles. The van der Waals surface area contributed by atoms with Crippen LogP contribution in [0.3, 0.4) is 0 Å². The van der Waals surface area contributed by atoms with E-state index in [1.54, 1.807) is 29.2 Å². The van der Waals surface area contributed by atoms with E-state index in [0.717, 1.165) is 28.2 Å². The average Bonchev–Trinajstić information content (AvgIpc) is 3.37. The number of imidazole rings is 1. The van der Waals surface area contributed by atoms with Crippen LogP contribution >= 0.6 is 0 Å². The van der Waals surface area contributed by atoms with Crippen LogP contribution in [0.2, 0.25) is 0 Å². The number of anilines is 2. The van der Waals surface area contributed by atoms with Crippen molar-refractivity contribution in [2.24, 2.45) is 0 Å². The van der Waals surface area contributed by atoms with Crippen molar-refractivity contribution in [3.63, 3.8) is 0 Å². The summed E-state index contributed by atoms with van der Waals surface area (Å²) in [6, 6.07) is 10.3. The van der Waals surface area contributed by atoms with E-state index in [0.29, 0.717) is 22.8 Å². The summed E-state index contributed by atoms with van der Waals surface area (Å²) in [5.41, 5.74) is 6.01. The predicted molar refractivity (Wildman–Crippen MR) is 111 cm³/mol. The first-order valence-electron chi connectivity index (χ1n) is 9.33. The summed E-state index contributed by atoms with van der Waals surface area (Å²) in [5, 5.41) is 7.64. The number of nitrogens with zero attached hydrogens (tertiary/aromatic N) is 5. The highest BCUT2D eigenvalue weighted by Gasteiger charge is 2.13. The van der Waals surface area contributed by atoms with Crippen LogP contribution in [0.1, 0.15) is 11.3 Å². The smallest absolute Gasteiger partial charge is 0.181 e. The molecule has 1 aromatic carbocycles. The van der Waals surface area contributed by atoms with Gasteiger partial charge in [-0.3, -0.25) is 4.98 Å². The average molecular weight is 400 g/mol. The zero-order valence-corrected chi connectivity index (χ0v) is 16.3. The van der Waals surface area contributed by atoms with Crippen LogP contribution in [-0.2, 0) is 0 Å². The summed E-state index contributed by atoms with van der Waals surface area (Å²) < 4.78 is 20.8. The topological polar surface area (TPSA) is 81.1 Å². The van der Waals surface area contributed by atoms with Crippen molar-refractivity contribution in [2.45, 2.75) is 13.8 Å². The lowest BCUT2D eigenvalue weighted by molar-refractivity contribution is 0.569. The molecular formula is C22H17FN6O. The molecule has 148 valence electrons. The number of aromatic nitrogens is 5. The Hall–Kier alpha value is -4.07. The van der Waals surface area contributed by atoms with E-state index in [1.807, 2.05) is 32.0 Å². The molecular weight excluding hydrogens is 383 g/mol. The summed E-state index contributed by atoms with van der Waals surface area (Å²) in [7, 11) is 0. The molecule has 0 aliphatic rings. The molecule has 8 heteroatoms. The zero-order chi connectivity index (χ0) is 20.7. The molecule has 4 heterocycles. The molecule has 4 aromatic heterocycles. The lowest BCUT2D eigenvalue weighted by Gasteiger charge is -2.07. The Morgan fingerprint density at radius 2 is 1.93 bits per heavy atom. The number of hydrogen-bond donors (Lipinski definition) is 1. The Labute approximate surface area is 171 Å². The molecule has 0 amide bonds. The first-order chi connectivity index (χ1) is 14.6. The molecule has 0 saturated heterocycles. The van der Waals surface area contributed by atoms with Gasteiger partial charge in [-0.25, -0.2) is 18.9 Å². The van der Waals surface area contributed by atoms with Gasteiger partial charge in [0.05, 0.1) is 41.4 Å². The number of oxazole rings is 1. The molecule has 0 aliphatic heterocycles. The highest BCUT2D eigenvalue weighted by molar-refractivity contribution is 5.77. The maximum absolute atomic E-state index is 13.7. The van der Waals surface area contributed by atoms with Crippen LogP contribution in [0.4, 0.5) is 15.8 Å². The van der Waals surface area contributed by atoms with E-state index >= 15 is 0 Å². The minimum atomic E-state index is -0.299. The Bertz CT molecular complexity index is 1360. The van der Waals surface area contributed by atoms with Crippen molar-refractivity contribution in [1.29, 1.82) is 0 Å². The third kappa shape index (κ3) is 3.18. The van der Waals surface area contributed by atoms with Gasteiger partial charge in [0.25, 0.3) is 0 Å². The maximum Gasteiger partial charge on any atom is 0.181 e. The van der Waals surface area contributed by atoms with Gasteiger partial charge >= 0.3 is 0 Å². The van der Waals surface area contributed by atoms with Crippen LogP contribution in [0, 0.1) is 19.7 Å². The van der Waals surface area contributed by atoms with Crippen molar-refractivity contribution < 1.29 is 8.81 Å². The van der Waals surface area contributed by atoms with Gasteiger partial charge < -0.3 is 9.73 Å². The predicted octanol–water partition coefficient (Wildman–Crippen LogP) is 4.95. The third-order valence-electron chi connectivity index (χ3n) is 4.86. The fraction of sp³-hybridized carbons (Fsp3) is 0.0909. The number of halogens is 1. The van der Waals surface area contributed by atoms with Crippen molar-refractivity contribution in [1.82, 2.24) is 24.6 Å². The fourth-order valence-corrected chi connectivity index (χ4v) is 3.30. The second kappa shape index (κ2) is 7.07. The van der Waals surface area contributed by atoms with Crippen LogP contribution in [0.15, 0.2) is 65.8 Å². The third-order valence-corrected chi connectivity index (χ3v) is 4.86. The highest BCUT2D eigenvalue weighted by atomic mass is 19.1. The largest absolute Gasteiger partial charge is 0.442 e. The van der Waals surface area contributed by atoms with Gasteiger partial charge in [0.2, 0.25) is 0 Å². The Morgan fingerprint density at radius 3 is 2.70 bits per heavy atom. The molecule has 0 spiro atoms. The number of benzene rings is 1. The molecule has 1 N–H and O–H groups in total. The Kier molecular flexibility index (Phi) is 4.24. The van der Waals surface area contributed by atoms with Crippen LogP contribution in [0.5, 0.6) is 0 Å². The highest BCUT2D eigenvalue weighted by Crippen LogP contribution is 2.28. The number of hydrogen-bond acceptors (Lipinski definition) is 6. The molecule has 0 radical (unpaired) electrons. The van der Waals surface area contributed by atoms with Crippen molar-refractivity contribution in [2.75, 3.05) is 5.32 Å². The van der Waals surface area contributed by atoms with Gasteiger partial charge in [-0.2, -0.15) is 5.10 Å². The molecule has 5 rings (SSSR count). The molecule has 0 unspecified atom stereocenters. The molecule has 7 nitrogen and oxygen atoms in total. The number of pyridine rings is 1. The zero-order valence-electron chi connectivity index (χ0n) is 16.3.